The van der Waals surface area contributed by atoms with Crippen LogP contribution in [0.5, 0.6) is 5.75 Å². The standard InChI is InChI=1S/C17H10BrF3N4O/c18-13-5-10(4-11(6-13)16-15(8-22)23-25-24-16)9-26-14-3-1-2-12(7-14)17(19,20)21/h1-7H,9H2,(H,23,24,25). The van der Waals surface area contributed by atoms with Gasteiger partial charge in [0.05, 0.1) is 5.56 Å². The second kappa shape index (κ2) is 7.17. The summed E-state index contributed by atoms with van der Waals surface area (Å²) in [5.74, 6) is 0.112. The highest BCUT2D eigenvalue weighted by Crippen LogP contribution is 2.32. The van der Waals surface area contributed by atoms with Gasteiger partial charge in [0.25, 0.3) is 0 Å². The normalized spacial score (nSPS) is 11.2. The Morgan fingerprint density at radius 1 is 1.19 bits per heavy atom. The minimum Gasteiger partial charge on any atom is -0.489 e. The van der Waals surface area contributed by atoms with Crippen LogP contribution in [0.2, 0.25) is 0 Å². The molecule has 0 bridgehead atoms. The topological polar surface area (TPSA) is 74.6 Å². The lowest BCUT2D eigenvalue weighted by Crippen LogP contribution is -2.05. The van der Waals surface area contributed by atoms with E-state index >= 15 is 0 Å². The zero-order valence-corrected chi connectivity index (χ0v) is 14.6. The fourth-order valence-corrected chi connectivity index (χ4v) is 2.85. The van der Waals surface area contributed by atoms with Gasteiger partial charge in [-0.15, -0.1) is 5.10 Å². The van der Waals surface area contributed by atoms with E-state index in [1.165, 1.54) is 12.1 Å². The van der Waals surface area contributed by atoms with Crippen LogP contribution in [0.4, 0.5) is 13.2 Å². The van der Waals surface area contributed by atoms with Crippen LogP contribution in [0, 0.1) is 11.3 Å². The molecule has 0 aliphatic heterocycles. The van der Waals surface area contributed by atoms with Crippen molar-refractivity contribution in [3.8, 4) is 23.1 Å². The highest BCUT2D eigenvalue weighted by Gasteiger charge is 2.30. The van der Waals surface area contributed by atoms with Crippen molar-refractivity contribution < 1.29 is 17.9 Å². The summed E-state index contributed by atoms with van der Waals surface area (Å²) in [6.45, 7) is 0.0491. The van der Waals surface area contributed by atoms with Gasteiger partial charge in [-0.25, -0.2) is 5.10 Å². The number of nitrogens with one attached hydrogen (secondary N) is 1. The molecule has 9 heteroatoms. The maximum Gasteiger partial charge on any atom is 0.416 e. The third-order valence-electron chi connectivity index (χ3n) is 3.46. The molecule has 132 valence electrons. The van der Waals surface area contributed by atoms with Crippen molar-refractivity contribution >= 4 is 15.9 Å². The van der Waals surface area contributed by atoms with E-state index in [1.54, 1.807) is 18.2 Å². The number of H-pyrrole nitrogens is 1. The molecule has 3 aromatic rings. The zero-order valence-electron chi connectivity index (χ0n) is 13.0. The van der Waals surface area contributed by atoms with Crippen molar-refractivity contribution in [2.45, 2.75) is 12.8 Å². The van der Waals surface area contributed by atoms with E-state index in [9.17, 15) is 13.2 Å². The molecule has 0 spiro atoms. The first-order valence-electron chi connectivity index (χ1n) is 7.28. The number of alkyl halides is 3. The fourth-order valence-electron chi connectivity index (χ4n) is 2.31. The number of benzene rings is 2. The summed E-state index contributed by atoms with van der Waals surface area (Å²) in [6, 6.07) is 11.9. The largest absolute Gasteiger partial charge is 0.489 e. The van der Waals surface area contributed by atoms with Crippen molar-refractivity contribution in [2.75, 3.05) is 0 Å². The summed E-state index contributed by atoms with van der Waals surface area (Å²) in [7, 11) is 0. The van der Waals surface area contributed by atoms with Crippen molar-refractivity contribution in [3.05, 3.63) is 63.8 Å². The van der Waals surface area contributed by atoms with Crippen LogP contribution in [-0.4, -0.2) is 15.4 Å². The van der Waals surface area contributed by atoms with E-state index in [0.29, 0.717) is 21.3 Å². The van der Waals surface area contributed by atoms with Crippen molar-refractivity contribution in [2.24, 2.45) is 0 Å². The Kier molecular flexibility index (Phi) is 4.95. The Labute approximate surface area is 154 Å². The molecule has 5 nitrogen and oxygen atoms in total. The van der Waals surface area contributed by atoms with Gasteiger partial charge in [-0.1, -0.05) is 27.2 Å². The zero-order chi connectivity index (χ0) is 18.7. The molecule has 0 aliphatic carbocycles. The lowest BCUT2D eigenvalue weighted by Gasteiger charge is -2.11. The van der Waals surface area contributed by atoms with Gasteiger partial charge in [0.1, 0.15) is 24.1 Å². The first kappa shape index (κ1) is 17.9. The van der Waals surface area contributed by atoms with Crippen LogP contribution < -0.4 is 4.74 Å². The number of hydrogen-bond donors (Lipinski definition) is 1. The highest BCUT2D eigenvalue weighted by molar-refractivity contribution is 9.10. The molecule has 0 unspecified atom stereocenters. The van der Waals surface area contributed by atoms with E-state index in [4.69, 9.17) is 10.00 Å². The molecule has 1 heterocycles. The van der Waals surface area contributed by atoms with E-state index in [2.05, 4.69) is 31.3 Å². The lowest BCUT2D eigenvalue weighted by atomic mass is 10.1. The number of ether oxygens (including phenoxy) is 1. The number of nitriles is 1. The van der Waals surface area contributed by atoms with Gasteiger partial charge in [-0.05, 0) is 42.0 Å². The maximum absolute atomic E-state index is 12.8. The second-order valence-corrected chi connectivity index (χ2v) is 6.23. The van der Waals surface area contributed by atoms with Gasteiger partial charge in [-0.3, -0.25) is 0 Å². The monoisotopic (exact) mass is 422 g/mol. The van der Waals surface area contributed by atoms with Gasteiger partial charge in [-0.2, -0.15) is 18.4 Å². The van der Waals surface area contributed by atoms with Gasteiger partial charge in [0.2, 0.25) is 0 Å². The summed E-state index contributed by atoms with van der Waals surface area (Å²) in [5.41, 5.74) is 1.15. The molecule has 0 amide bonds. The quantitative estimate of drug-likeness (QED) is 0.660. The van der Waals surface area contributed by atoms with E-state index in [0.717, 1.165) is 12.1 Å². The molecule has 26 heavy (non-hydrogen) atoms. The average Bonchev–Trinajstić information content (AvgIpc) is 3.08. The summed E-state index contributed by atoms with van der Waals surface area (Å²) < 4.78 is 44.5. The van der Waals surface area contributed by atoms with Crippen molar-refractivity contribution in [1.82, 2.24) is 15.4 Å². The number of halogens is 4. The minimum absolute atomic E-state index is 0.0491. The second-order valence-electron chi connectivity index (χ2n) is 5.31. The van der Waals surface area contributed by atoms with Crippen LogP contribution in [0.15, 0.2) is 46.9 Å². The Balaban J connectivity index is 1.82. The number of hydrogen-bond acceptors (Lipinski definition) is 4. The van der Waals surface area contributed by atoms with Crippen LogP contribution in [0.1, 0.15) is 16.8 Å². The molecule has 1 aromatic heterocycles. The van der Waals surface area contributed by atoms with Crippen molar-refractivity contribution in [1.29, 1.82) is 5.26 Å². The smallest absolute Gasteiger partial charge is 0.416 e. The third-order valence-corrected chi connectivity index (χ3v) is 3.92. The molecule has 0 saturated carbocycles. The first-order chi connectivity index (χ1) is 12.4. The van der Waals surface area contributed by atoms with Gasteiger partial charge in [0.15, 0.2) is 5.69 Å². The SMILES string of the molecule is N#Cc1[nH]nnc1-c1cc(Br)cc(COc2cccc(C(F)(F)F)c2)c1. The van der Waals surface area contributed by atoms with Gasteiger partial charge in [0, 0.05) is 10.0 Å². The van der Waals surface area contributed by atoms with Crippen LogP contribution in [-0.2, 0) is 12.8 Å². The number of nitrogens with zero attached hydrogens (tertiary/aromatic N) is 3. The Bertz CT molecular complexity index is 979. The maximum atomic E-state index is 12.8. The number of aromatic amines is 1. The lowest BCUT2D eigenvalue weighted by molar-refractivity contribution is -0.137. The Morgan fingerprint density at radius 3 is 2.73 bits per heavy atom. The number of aromatic nitrogens is 3. The summed E-state index contributed by atoms with van der Waals surface area (Å²) >= 11 is 3.36. The molecular formula is C17H10BrF3N4O. The predicted molar refractivity (Wildman–Crippen MR) is 90.0 cm³/mol. The van der Waals surface area contributed by atoms with E-state index in [-0.39, 0.29) is 18.1 Å². The van der Waals surface area contributed by atoms with Crippen molar-refractivity contribution in [3.63, 3.8) is 0 Å². The minimum atomic E-state index is -4.43. The third kappa shape index (κ3) is 4.03. The molecule has 2 aromatic carbocycles. The van der Waals surface area contributed by atoms with E-state index < -0.39 is 11.7 Å². The molecule has 0 fully saturated rings. The fraction of sp³-hybridized carbons (Fsp3) is 0.118. The van der Waals surface area contributed by atoms with Gasteiger partial charge >= 0.3 is 6.18 Å². The van der Waals surface area contributed by atoms with E-state index in [1.807, 2.05) is 6.07 Å². The number of rotatable bonds is 4. The molecule has 0 aliphatic rings. The summed E-state index contributed by atoms with van der Waals surface area (Å²) in [5, 5.41) is 19.0. The molecule has 0 atom stereocenters. The average molecular weight is 423 g/mol. The van der Waals surface area contributed by atoms with Crippen LogP contribution in [0.3, 0.4) is 0 Å². The summed E-state index contributed by atoms with van der Waals surface area (Å²) in [6.07, 6.45) is -4.43. The van der Waals surface area contributed by atoms with Crippen LogP contribution in [0.25, 0.3) is 11.3 Å². The molecule has 1 N–H and O–H groups in total. The molecule has 3 rings (SSSR count). The molecular weight excluding hydrogens is 413 g/mol. The van der Waals surface area contributed by atoms with Gasteiger partial charge < -0.3 is 4.74 Å². The Morgan fingerprint density at radius 2 is 2.00 bits per heavy atom. The Hall–Kier alpha value is -2.86. The molecule has 0 radical (unpaired) electrons. The first-order valence-corrected chi connectivity index (χ1v) is 8.07. The highest BCUT2D eigenvalue weighted by atomic mass is 79.9. The summed E-state index contributed by atoms with van der Waals surface area (Å²) in [4.78, 5) is 0. The molecule has 0 saturated heterocycles. The van der Waals surface area contributed by atoms with Crippen LogP contribution >= 0.6 is 15.9 Å². The predicted octanol–water partition coefficient (Wildman–Crippen LogP) is 4.70.